The maximum absolute atomic E-state index is 12.1. The van der Waals surface area contributed by atoms with E-state index in [0.717, 1.165) is 0 Å². The highest BCUT2D eigenvalue weighted by molar-refractivity contribution is 7.92. The van der Waals surface area contributed by atoms with Gasteiger partial charge in [0.2, 0.25) is 5.89 Å². The van der Waals surface area contributed by atoms with Crippen LogP contribution in [0.15, 0.2) is 27.5 Å². The molecule has 1 heterocycles. The molecule has 6 nitrogen and oxygen atoms in total. The van der Waals surface area contributed by atoms with Crippen LogP contribution in [0.4, 0.5) is 6.01 Å². The highest BCUT2D eigenvalue weighted by Crippen LogP contribution is 2.24. The van der Waals surface area contributed by atoms with E-state index in [1.54, 1.807) is 0 Å². The molecule has 0 spiro atoms. The van der Waals surface area contributed by atoms with Gasteiger partial charge in [0.15, 0.2) is 0 Å². The zero-order chi connectivity index (χ0) is 14.9. The molecule has 0 saturated heterocycles. The third kappa shape index (κ3) is 3.41. The second-order valence-corrected chi connectivity index (χ2v) is 6.87. The zero-order valence-corrected chi connectivity index (χ0v) is 12.9. The van der Waals surface area contributed by atoms with Crippen LogP contribution in [-0.2, 0) is 10.0 Å². The van der Waals surface area contributed by atoms with Crippen LogP contribution in [0.5, 0.6) is 0 Å². The first-order valence-corrected chi connectivity index (χ1v) is 7.84. The van der Waals surface area contributed by atoms with E-state index in [9.17, 15) is 8.42 Å². The number of sulfonamides is 1. The quantitative estimate of drug-likeness (QED) is 0.926. The standard InChI is InChI=1S/C11H11Cl2N3O3S/c1-6(2)10-14-15-11(19-10)16-20(17,18)9-4-7(12)3-8(13)5-9/h3-6H,1-2H3,(H,15,16). The summed E-state index contributed by atoms with van der Waals surface area (Å²) in [4.78, 5) is -0.0840. The highest BCUT2D eigenvalue weighted by Gasteiger charge is 2.19. The zero-order valence-electron chi connectivity index (χ0n) is 10.6. The van der Waals surface area contributed by atoms with Crippen molar-refractivity contribution in [3.8, 4) is 0 Å². The first-order valence-electron chi connectivity index (χ1n) is 5.60. The van der Waals surface area contributed by atoms with E-state index in [-0.39, 0.29) is 26.9 Å². The molecule has 0 aliphatic rings. The molecule has 0 bridgehead atoms. The summed E-state index contributed by atoms with van der Waals surface area (Å²) in [6, 6.07) is 3.78. The van der Waals surface area contributed by atoms with E-state index in [0.29, 0.717) is 5.89 Å². The molecule has 1 aromatic carbocycles. The number of anilines is 1. The van der Waals surface area contributed by atoms with E-state index < -0.39 is 10.0 Å². The summed E-state index contributed by atoms with van der Waals surface area (Å²) < 4.78 is 31.6. The molecule has 2 rings (SSSR count). The van der Waals surface area contributed by atoms with E-state index >= 15 is 0 Å². The molecule has 0 fully saturated rings. The molecule has 0 amide bonds. The number of nitrogens with zero attached hydrogens (tertiary/aromatic N) is 2. The third-order valence-corrected chi connectivity index (χ3v) is 4.04. The van der Waals surface area contributed by atoms with Gasteiger partial charge in [-0.05, 0) is 18.2 Å². The van der Waals surface area contributed by atoms with Crippen LogP contribution in [0, 0.1) is 0 Å². The topological polar surface area (TPSA) is 85.1 Å². The van der Waals surface area contributed by atoms with Crippen molar-refractivity contribution >= 4 is 39.2 Å². The van der Waals surface area contributed by atoms with Gasteiger partial charge in [0.1, 0.15) is 0 Å². The van der Waals surface area contributed by atoms with Crippen molar-refractivity contribution in [2.75, 3.05) is 4.72 Å². The first kappa shape index (κ1) is 15.1. The monoisotopic (exact) mass is 335 g/mol. The molecule has 0 radical (unpaired) electrons. The number of halogens is 2. The molecule has 20 heavy (non-hydrogen) atoms. The van der Waals surface area contributed by atoms with Crippen molar-refractivity contribution in [3.63, 3.8) is 0 Å². The Bertz CT molecular complexity index is 708. The summed E-state index contributed by atoms with van der Waals surface area (Å²) in [6.45, 7) is 3.70. The average Bonchev–Trinajstić information content (AvgIpc) is 2.75. The SMILES string of the molecule is CC(C)c1nnc(NS(=O)(=O)c2cc(Cl)cc(Cl)c2)o1. The normalized spacial score (nSPS) is 11.8. The molecule has 108 valence electrons. The van der Waals surface area contributed by atoms with Crippen molar-refractivity contribution in [1.82, 2.24) is 10.2 Å². The van der Waals surface area contributed by atoms with Crippen LogP contribution < -0.4 is 4.72 Å². The lowest BCUT2D eigenvalue weighted by Gasteiger charge is -2.05. The van der Waals surface area contributed by atoms with Gasteiger partial charge in [-0.15, -0.1) is 5.10 Å². The number of aromatic nitrogens is 2. The van der Waals surface area contributed by atoms with Gasteiger partial charge in [0.05, 0.1) is 4.90 Å². The molecule has 1 aromatic heterocycles. The van der Waals surface area contributed by atoms with Crippen LogP contribution in [-0.4, -0.2) is 18.6 Å². The minimum atomic E-state index is -3.89. The lowest BCUT2D eigenvalue weighted by Crippen LogP contribution is -2.13. The Balaban J connectivity index is 2.30. The van der Waals surface area contributed by atoms with Crippen molar-refractivity contribution in [2.24, 2.45) is 0 Å². The van der Waals surface area contributed by atoms with Crippen molar-refractivity contribution in [3.05, 3.63) is 34.1 Å². The Morgan fingerprint density at radius 2 is 1.75 bits per heavy atom. The van der Waals surface area contributed by atoms with Crippen molar-refractivity contribution < 1.29 is 12.8 Å². The Morgan fingerprint density at radius 1 is 1.15 bits per heavy atom. The van der Waals surface area contributed by atoms with Crippen LogP contribution >= 0.6 is 23.2 Å². The van der Waals surface area contributed by atoms with Gasteiger partial charge in [-0.1, -0.05) is 42.1 Å². The molecular formula is C11H11Cl2N3O3S. The predicted octanol–water partition coefficient (Wildman–Crippen LogP) is 3.30. The number of hydrogen-bond acceptors (Lipinski definition) is 5. The number of nitrogens with one attached hydrogen (secondary N) is 1. The van der Waals surface area contributed by atoms with Gasteiger partial charge >= 0.3 is 6.01 Å². The van der Waals surface area contributed by atoms with Crippen LogP contribution in [0.3, 0.4) is 0 Å². The molecule has 0 saturated carbocycles. The molecule has 9 heteroatoms. The fourth-order valence-corrected chi connectivity index (χ4v) is 3.02. The fraction of sp³-hybridized carbons (Fsp3) is 0.273. The maximum atomic E-state index is 12.1. The number of hydrogen-bond donors (Lipinski definition) is 1. The molecule has 0 atom stereocenters. The lowest BCUT2D eigenvalue weighted by molar-refractivity contribution is 0.483. The van der Waals surface area contributed by atoms with E-state index in [2.05, 4.69) is 14.9 Å². The molecule has 0 aliphatic heterocycles. The minimum absolute atomic E-state index is 0.00127. The number of rotatable bonds is 4. The van der Waals surface area contributed by atoms with Gasteiger partial charge in [0, 0.05) is 16.0 Å². The highest BCUT2D eigenvalue weighted by atomic mass is 35.5. The third-order valence-electron chi connectivity index (χ3n) is 2.30. The second kappa shape index (κ2) is 5.59. The van der Waals surface area contributed by atoms with Crippen LogP contribution in [0.2, 0.25) is 10.0 Å². The molecule has 1 N–H and O–H groups in total. The number of benzene rings is 1. The van der Waals surface area contributed by atoms with Crippen molar-refractivity contribution in [2.45, 2.75) is 24.7 Å². The van der Waals surface area contributed by atoms with Crippen LogP contribution in [0.25, 0.3) is 0 Å². The smallest absolute Gasteiger partial charge is 0.329 e. The van der Waals surface area contributed by atoms with Gasteiger partial charge in [-0.25, -0.2) is 13.1 Å². The summed E-state index contributed by atoms with van der Waals surface area (Å²) >= 11 is 11.6. The molecular weight excluding hydrogens is 325 g/mol. The van der Waals surface area contributed by atoms with E-state index in [4.69, 9.17) is 27.6 Å². The Kier molecular flexibility index (Phi) is 4.22. The molecule has 2 aromatic rings. The predicted molar refractivity (Wildman–Crippen MR) is 75.7 cm³/mol. The fourth-order valence-electron chi connectivity index (χ4n) is 1.37. The minimum Gasteiger partial charge on any atom is -0.407 e. The van der Waals surface area contributed by atoms with Gasteiger partial charge in [0.25, 0.3) is 10.0 Å². The van der Waals surface area contributed by atoms with Gasteiger partial charge < -0.3 is 4.42 Å². The Morgan fingerprint density at radius 3 is 2.25 bits per heavy atom. The van der Waals surface area contributed by atoms with E-state index in [1.165, 1.54) is 18.2 Å². The van der Waals surface area contributed by atoms with E-state index in [1.807, 2.05) is 13.8 Å². The molecule has 0 aliphatic carbocycles. The molecule has 0 unspecified atom stereocenters. The summed E-state index contributed by atoms with van der Waals surface area (Å²) in [5, 5.41) is 7.78. The van der Waals surface area contributed by atoms with Gasteiger partial charge in [-0.3, -0.25) is 0 Å². The Labute approximate surface area is 126 Å². The first-order chi connectivity index (χ1) is 9.28. The lowest BCUT2D eigenvalue weighted by atomic mass is 10.2. The van der Waals surface area contributed by atoms with Gasteiger partial charge in [-0.2, -0.15) is 0 Å². The average molecular weight is 336 g/mol. The summed E-state index contributed by atoms with van der Waals surface area (Å²) in [5.41, 5.74) is 0. The second-order valence-electron chi connectivity index (χ2n) is 4.31. The summed E-state index contributed by atoms with van der Waals surface area (Å²) in [7, 11) is -3.89. The van der Waals surface area contributed by atoms with Crippen molar-refractivity contribution in [1.29, 1.82) is 0 Å². The van der Waals surface area contributed by atoms with Crippen LogP contribution in [0.1, 0.15) is 25.7 Å². The Hall–Kier alpha value is -1.31. The summed E-state index contributed by atoms with van der Waals surface area (Å²) in [6.07, 6.45) is 0. The largest absolute Gasteiger partial charge is 0.407 e. The maximum Gasteiger partial charge on any atom is 0.329 e. The summed E-state index contributed by atoms with van der Waals surface area (Å²) in [5.74, 6) is 0.341.